The molecule has 1 fully saturated rings. The standard InChI is InChI=1S/C16H26N2O2/c1-14(12-15-13-19-11-9-18-15)17-8-5-10-20-16-6-3-2-4-7-16/h2-4,6-7,14-15,17-18H,5,8-13H2,1H3. The van der Waals surface area contributed by atoms with Gasteiger partial charge in [-0.1, -0.05) is 18.2 Å². The predicted molar refractivity (Wildman–Crippen MR) is 81.2 cm³/mol. The fourth-order valence-electron chi connectivity index (χ4n) is 2.41. The number of hydrogen-bond donors (Lipinski definition) is 2. The number of para-hydroxylation sites is 1. The zero-order valence-electron chi connectivity index (χ0n) is 12.3. The normalized spacial score (nSPS) is 20.6. The topological polar surface area (TPSA) is 42.5 Å². The molecule has 2 N–H and O–H groups in total. The number of nitrogens with one attached hydrogen (secondary N) is 2. The second-order valence-corrected chi connectivity index (χ2v) is 5.33. The van der Waals surface area contributed by atoms with Crippen LogP contribution in [0.4, 0.5) is 0 Å². The van der Waals surface area contributed by atoms with Gasteiger partial charge in [-0.25, -0.2) is 0 Å². The molecule has 112 valence electrons. The summed E-state index contributed by atoms with van der Waals surface area (Å²) in [7, 11) is 0. The van der Waals surface area contributed by atoms with Gasteiger partial charge in [0.15, 0.2) is 0 Å². The first-order chi connectivity index (χ1) is 9.84. The molecule has 0 saturated carbocycles. The summed E-state index contributed by atoms with van der Waals surface area (Å²) in [5.41, 5.74) is 0. The molecule has 4 nitrogen and oxygen atoms in total. The highest BCUT2D eigenvalue weighted by Crippen LogP contribution is 2.08. The van der Waals surface area contributed by atoms with Crippen LogP contribution >= 0.6 is 0 Å². The van der Waals surface area contributed by atoms with Gasteiger partial charge in [0, 0.05) is 18.6 Å². The van der Waals surface area contributed by atoms with Crippen LogP contribution in [0.5, 0.6) is 5.75 Å². The SMILES string of the molecule is CC(CC1COCCN1)NCCCOc1ccccc1. The Kier molecular flexibility index (Phi) is 6.84. The molecule has 20 heavy (non-hydrogen) atoms. The maximum absolute atomic E-state index is 5.67. The summed E-state index contributed by atoms with van der Waals surface area (Å²) < 4.78 is 11.1. The highest BCUT2D eigenvalue weighted by Gasteiger charge is 2.15. The van der Waals surface area contributed by atoms with Crippen molar-refractivity contribution in [2.24, 2.45) is 0 Å². The van der Waals surface area contributed by atoms with Crippen molar-refractivity contribution in [3.05, 3.63) is 30.3 Å². The van der Waals surface area contributed by atoms with Crippen LogP contribution in [0.1, 0.15) is 19.8 Å². The average molecular weight is 278 g/mol. The third kappa shape index (κ3) is 5.90. The number of hydrogen-bond acceptors (Lipinski definition) is 4. The van der Waals surface area contributed by atoms with Crippen LogP contribution in [-0.4, -0.2) is 45.0 Å². The highest BCUT2D eigenvalue weighted by molar-refractivity contribution is 5.20. The number of morpholine rings is 1. The summed E-state index contributed by atoms with van der Waals surface area (Å²) in [4.78, 5) is 0. The van der Waals surface area contributed by atoms with Gasteiger partial charge < -0.3 is 20.1 Å². The first kappa shape index (κ1) is 15.3. The fourth-order valence-corrected chi connectivity index (χ4v) is 2.41. The molecule has 1 aliphatic rings. The summed E-state index contributed by atoms with van der Waals surface area (Å²) in [6.45, 7) is 6.63. The van der Waals surface area contributed by atoms with E-state index < -0.39 is 0 Å². The average Bonchev–Trinajstić information content (AvgIpc) is 2.49. The molecule has 0 aliphatic carbocycles. The van der Waals surface area contributed by atoms with E-state index in [0.29, 0.717) is 12.1 Å². The minimum absolute atomic E-state index is 0.492. The third-order valence-electron chi connectivity index (χ3n) is 3.46. The highest BCUT2D eigenvalue weighted by atomic mass is 16.5. The van der Waals surface area contributed by atoms with Crippen molar-refractivity contribution in [2.75, 3.05) is 32.9 Å². The van der Waals surface area contributed by atoms with Crippen LogP contribution in [0, 0.1) is 0 Å². The molecular formula is C16H26N2O2. The molecule has 2 rings (SSSR count). The zero-order valence-corrected chi connectivity index (χ0v) is 12.3. The third-order valence-corrected chi connectivity index (χ3v) is 3.46. The van der Waals surface area contributed by atoms with Crippen molar-refractivity contribution >= 4 is 0 Å². The van der Waals surface area contributed by atoms with E-state index in [0.717, 1.165) is 51.5 Å². The van der Waals surface area contributed by atoms with Crippen LogP contribution in [-0.2, 0) is 4.74 Å². The first-order valence-electron chi connectivity index (χ1n) is 7.57. The van der Waals surface area contributed by atoms with Crippen molar-refractivity contribution in [2.45, 2.75) is 31.8 Å². The second kappa shape index (κ2) is 8.95. The van der Waals surface area contributed by atoms with Crippen molar-refractivity contribution in [1.82, 2.24) is 10.6 Å². The van der Waals surface area contributed by atoms with Crippen molar-refractivity contribution < 1.29 is 9.47 Å². The van der Waals surface area contributed by atoms with Gasteiger partial charge >= 0.3 is 0 Å². The van der Waals surface area contributed by atoms with E-state index in [2.05, 4.69) is 17.6 Å². The quantitative estimate of drug-likeness (QED) is 0.712. The molecule has 0 spiro atoms. The molecule has 0 amide bonds. The molecule has 0 bridgehead atoms. The van der Waals surface area contributed by atoms with E-state index in [9.17, 15) is 0 Å². The fraction of sp³-hybridized carbons (Fsp3) is 0.625. The lowest BCUT2D eigenvalue weighted by atomic mass is 10.1. The van der Waals surface area contributed by atoms with Gasteiger partial charge in [-0.2, -0.15) is 0 Å². The molecule has 1 aromatic rings. The van der Waals surface area contributed by atoms with Gasteiger partial charge in [0.05, 0.1) is 19.8 Å². The Bertz CT molecular complexity index is 353. The lowest BCUT2D eigenvalue weighted by Crippen LogP contribution is -2.45. The molecule has 0 aromatic heterocycles. The first-order valence-corrected chi connectivity index (χ1v) is 7.57. The minimum Gasteiger partial charge on any atom is -0.494 e. The maximum Gasteiger partial charge on any atom is 0.119 e. The van der Waals surface area contributed by atoms with Gasteiger partial charge in [0.1, 0.15) is 5.75 Å². The van der Waals surface area contributed by atoms with Crippen LogP contribution < -0.4 is 15.4 Å². The number of benzene rings is 1. The van der Waals surface area contributed by atoms with Gasteiger partial charge in [0.2, 0.25) is 0 Å². The van der Waals surface area contributed by atoms with E-state index in [4.69, 9.17) is 9.47 Å². The molecule has 1 aliphatic heterocycles. The van der Waals surface area contributed by atoms with Crippen molar-refractivity contribution in [1.29, 1.82) is 0 Å². The van der Waals surface area contributed by atoms with Gasteiger partial charge in [-0.05, 0) is 38.4 Å². The summed E-state index contributed by atoms with van der Waals surface area (Å²) in [5.74, 6) is 0.948. The van der Waals surface area contributed by atoms with Crippen LogP contribution in [0.2, 0.25) is 0 Å². The summed E-state index contributed by atoms with van der Waals surface area (Å²) in [6.07, 6.45) is 2.13. The van der Waals surface area contributed by atoms with E-state index in [-0.39, 0.29) is 0 Å². The Morgan fingerprint density at radius 2 is 2.25 bits per heavy atom. The zero-order chi connectivity index (χ0) is 14.0. The molecule has 2 unspecified atom stereocenters. The van der Waals surface area contributed by atoms with Gasteiger partial charge in [0.25, 0.3) is 0 Å². The summed E-state index contributed by atoms with van der Waals surface area (Å²) in [5, 5.41) is 7.02. The van der Waals surface area contributed by atoms with Crippen LogP contribution in [0.25, 0.3) is 0 Å². The van der Waals surface area contributed by atoms with Gasteiger partial charge in [-0.3, -0.25) is 0 Å². The Hall–Kier alpha value is -1.10. The van der Waals surface area contributed by atoms with Crippen molar-refractivity contribution in [3.63, 3.8) is 0 Å². The monoisotopic (exact) mass is 278 g/mol. The molecule has 1 aromatic carbocycles. The molecule has 4 heteroatoms. The smallest absolute Gasteiger partial charge is 0.119 e. The Morgan fingerprint density at radius 3 is 3.00 bits per heavy atom. The Balaban J connectivity index is 1.50. The Morgan fingerprint density at radius 1 is 1.40 bits per heavy atom. The lowest BCUT2D eigenvalue weighted by Gasteiger charge is -2.26. The minimum atomic E-state index is 0.492. The van der Waals surface area contributed by atoms with Gasteiger partial charge in [-0.15, -0.1) is 0 Å². The van der Waals surface area contributed by atoms with E-state index in [1.54, 1.807) is 0 Å². The number of rotatable bonds is 8. The number of ether oxygens (including phenoxy) is 2. The molecule has 0 radical (unpaired) electrons. The molecule has 1 saturated heterocycles. The second-order valence-electron chi connectivity index (χ2n) is 5.33. The van der Waals surface area contributed by atoms with Crippen LogP contribution in [0.15, 0.2) is 30.3 Å². The predicted octanol–water partition coefficient (Wildman–Crippen LogP) is 1.81. The van der Waals surface area contributed by atoms with Crippen molar-refractivity contribution in [3.8, 4) is 5.75 Å². The van der Waals surface area contributed by atoms with Crippen LogP contribution in [0.3, 0.4) is 0 Å². The molecule has 2 atom stereocenters. The molecular weight excluding hydrogens is 252 g/mol. The largest absolute Gasteiger partial charge is 0.494 e. The Labute approximate surface area is 121 Å². The lowest BCUT2D eigenvalue weighted by molar-refractivity contribution is 0.0712. The van der Waals surface area contributed by atoms with E-state index in [1.807, 2.05) is 30.3 Å². The van der Waals surface area contributed by atoms with E-state index in [1.165, 1.54) is 0 Å². The maximum atomic E-state index is 5.67. The summed E-state index contributed by atoms with van der Waals surface area (Å²) >= 11 is 0. The van der Waals surface area contributed by atoms with E-state index >= 15 is 0 Å². The summed E-state index contributed by atoms with van der Waals surface area (Å²) in [6, 6.07) is 11.0. The molecule has 1 heterocycles.